The van der Waals surface area contributed by atoms with Crippen LogP contribution in [-0.2, 0) is 16.1 Å². The average molecular weight is 345 g/mol. The molecule has 1 amide bonds. The first kappa shape index (κ1) is 18.7. The molecule has 1 unspecified atom stereocenters. The Bertz CT molecular complexity index is 719. The summed E-state index contributed by atoms with van der Waals surface area (Å²) < 4.78 is 10.7. The third-order valence-corrected chi connectivity index (χ3v) is 3.48. The summed E-state index contributed by atoms with van der Waals surface area (Å²) in [6, 6.07) is 10.5. The van der Waals surface area contributed by atoms with Gasteiger partial charge in [0.25, 0.3) is 5.91 Å². The Morgan fingerprint density at radius 3 is 2.40 bits per heavy atom. The van der Waals surface area contributed by atoms with Gasteiger partial charge in [-0.05, 0) is 57.2 Å². The minimum absolute atomic E-state index is 0.0988. The van der Waals surface area contributed by atoms with Crippen LogP contribution in [0.15, 0.2) is 40.8 Å². The van der Waals surface area contributed by atoms with Crippen molar-refractivity contribution in [2.45, 2.75) is 33.4 Å². The molecule has 2 aromatic rings. The van der Waals surface area contributed by atoms with Crippen LogP contribution in [0, 0.1) is 6.92 Å². The van der Waals surface area contributed by atoms with Crippen LogP contribution in [0.1, 0.15) is 35.7 Å². The van der Waals surface area contributed by atoms with Crippen molar-refractivity contribution in [3.8, 4) is 0 Å². The van der Waals surface area contributed by atoms with Crippen LogP contribution in [-0.4, -0.2) is 31.6 Å². The van der Waals surface area contributed by atoms with Gasteiger partial charge in [0.1, 0.15) is 12.3 Å². The van der Waals surface area contributed by atoms with E-state index in [0.717, 1.165) is 16.4 Å². The summed E-state index contributed by atoms with van der Waals surface area (Å²) in [5, 5.41) is 2.83. The van der Waals surface area contributed by atoms with E-state index in [0.29, 0.717) is 24.3 Å². The van der Waals surface area contributed by atoms with Gasteiger partial charge < -0.3 is 19.4 Å². The number of aryl methyl sites for hydroxylation is 1. The Morgan fingerprint density at radius 1 is 1.16 bits per heavy atom. The minimum Gasteiger partial charge on any atom is -0.460 e. The van der Waals surface area contributed by atoms with Gasteiger partial charge in [-0.1, -0.05) is 0 Å². The summed E-state index contributed by atoms with van der Waals surface area (Å²) in [4.78, 5) is 24.9. The van der Waals surface area contributed by atoms with E-state index in [4.69, 9.17) is 9.15 Å². The lowest BCUT2D eigenvalue weighted by molar-refractivity contribution is -0.886. The Balaban J connectivity index is 1.84. The molecule has 0 bridgehead atoms. The van der Waals surface area contributed by atoms with Crippen molar-refractivity contribution in [2.24, 2.45) is 0 Å². The van der Waals surface area contributed by atoms with E-state index >= 15 is 0 Å². The second kappa shape index (κ2) is 8.48. The maximum absolute atomic E-state index is 12.1. The number of anilines is 1. The highest BCUT2D eigenvalue weighted by Crippen LogP contribution is 2.11. The molecule has 1 atom stereocenters. The molecule has 1 aromatic carbocycles. The Labute approximate surface area is 147 Å². The van der Waals surface area contributed by atoms with Crippen molar-refractivity contribution in [1.29, 1.82) is 0 Å². The van der Waals surface area contributed by atoms with E-state index < -0.39 is 0 Å². The minimum atomic E-state index is -0.370. The highest BCUT2D eigenvalue weighted by molar-refractivity contribution is 5.93. The zero-order valence-corrected chi connectivity index (χ0v) is 15.1. The molecule has 0 aliphatic carbocycles. The fourth-order valence-electron chi connectivity index (χ4n) is 2.39. The number of amides is 1. The topological polar surface area (TPSA) is 73.0 Å². The van der Waals surface area contributed by atoms with Gasteiger partial charge in [0.05, 0.1) is 18.7 Å². The molecule has 0 spiro atoms. The van der Waals surface area contributed by atoms with E-state index in [2.05, 4.69) is 5.32 Å². The normalized spacial score (nSPS) is 12.0. The number of likely N-dealkylation sites (N-methyl/N-ethyl adjacent to an activating group) is 1. The highest BCUT2D eigenvalue weighted by atomic mass is 16.5. The number of carbonyl (C=O) groups is 2. The molecule has 0 aliphatic heterocycles. The quantitative estimate of drug-likeness (QED) is 0.751. The summed E-state index contributed by atoms with van der Waals surface area (Å²) in [6.45, 7) is 6.45. The number of hydrogen-bond donors (Lipinski definition) is 2. The van der Waals surface area contributed by atoms with Gasteiger partial charge in [-0.3, -0.25) is 4.79 Å². The summed E-state index contributed by atoms with van der Waals surface area (Å²) in [7, 11) is 1.93. The molecule has 0 saturated carbocycles. The molecule has 2 rings (SSSR count). The molecule has 25 heavy (non-hydrogen) atoms. The predicted octanol–water partition coefficient (Wildman–Crippen LogP) is 1.81. The van der Waals surface area contributed by atoms with Crippen molar-refractivity contribution in [3.63, 3.8) is 0 Å². The lowest BCUT2D eigenvalue weighted by Crippen LogP contribution is -3.08. The Kier molecular flexibility index (Phi) is 6.36. The first-order valence-corrected chi connectivity index (χ1v) is 8.31. The fraction of sp³-hybridized carbons (Fsp3) is 0.368. The van der Waals surface area contributed by atoms with Gasteiger partial charge in [0.2, 0.25) is 0 Å². The zero-order chi connectivity index (χ0) is 18.4. The number of nitrogens with one attached hydrogen (secondary N) is 2. The molecule has 6 nitrogen and oxygen atoms in total. The van der Waals surface area contributed by atoms with Crippen molar-refractivity contribution in [3.05, 3.63) is 53.5 Å². The maximum atomic E-state index is 12.1. The van der Waals surface area contributed by atoms with E-state index in [9.17, 15) is 9.59 Å². The summed E-state index contributed by atoms with van der Waals surface area (Å²) in [6.07, 6.45) is -0.164. The van der Waals surface area contributed by atoms with Crippen molar-refractivity contribution in [1.82, 2.24) is 0 Å². The standard InChI is InChI=1S/C19H24N2O4/c1-13(2)24-19(23)15-6-8-16(9-7-15)20-18(22)12-21(4)11-17-10-5-14(3)25-17/h5-10,13H,11-12H2,1-4H3,(H,20,22)/p+1. The number of furan rings is 1. The summed E-state index contributed by atoms with van der Waals surface area (Å²) in [5.74, 6) is 1.25. The molecular weight excluding hydrogens is 320 g/mol. The number of hydrogen-bond acceptors (Lipinski definition) is 4. The number of quaternary nitrogens is 1. The smallest absolute Gasteiger partial charge is 0.338 e. The van der Waals surface area contributed by atoms with E-state index in [1.165, 1.54) is 0 Å². The third-order valence-electron chi connectivity index (χ3n) is 3.48. The number of benzene rings is 1. The molecule has 0 aliphatic rings. The van der Waals surface area contributed by atoms with Crippen LogP contribution >= 0.6 is 0 Å². The average Bonchev–Trinajstić information content (AvgIpc) is 2.91. The second-order valence-electron chi connectivity index (χ2n) is 6.40. The van der Waals surface area contributed by atoms with Gasteiger partial charge in [-0.15, -0.1) is 0 Å². The largest absolute Gasteiger partial charge is 0.460 e. The Hall–Kier alpha value is -2.60. The van der Waals surface area contributed by atoms with Crippen LogP contribution in [0.25, 0.3) is 0 Å². The van der Waals surface area contributed by atoms with Crippen molar-refractivity contribution >= 4 is 17.6 Å². The van der Waals surface area contributed by atoms with Crippen LogP contribution in [0.3, 0.4) is 0 Å². The monoisotopic (exact) mass is 345 g/mol. The molecule has 2 N–H and O–H groups in total. The summed E-state index contributed by atoms with van der Waals surface area (Å²) in [5.41, 5.74) is 1.11. The molecule has 1 heterocycles. The Morgan fingerprint density at radius 2 is 1.84 bits per heavy atom. The van der Waals surface area contributed by atoms with Crippen molar-refractivity contribution < 1.29 is 23.6 Å². The SMILES string of the molecule is Cc1ccc(C[NH+](C)CC(=O)Nc2ccc(C(=O)OC(C)C)cc2)o1. The molecule has 134 valence electrons. The zero-order valence-electron chi connectivity index (χ0n) is 15.1. The molecule has 6 heteroatoms. The summed E-state index contributed by atoms with van der Waals surface area (Å²) >= 11 is 0. The van der Waals surface area contributed by atoms with E-state index in [-0.39, 0.29) is 18.0 Å². The van der Waals surface area contributed by atoms with Crippen LogP contribution in [0.4, 0.5) is 5.69 Å². The van der Waals surface area contributed by atoms with Gasteiger partial charge in [0, 0.05) is 5.69 Å². The third kappa shape index (κ3) is 6.08. The van der Waals surface area contributed by atoms with Crippen LogP contribution < -0.4 is 10.2 Å². The number of carbonyl (C=O) groups excluding carboxylic acids is 2. The van der Waals surface area contributed by atoms with E-state index in [1.54, 1.807) is 38.1 Å². The maximum Gasteiger partial charge on any atom is 0.338 e. The number of esters is 1. The predicted molar refractivity (Wildman–Crippen MR) is 94.5 cm³/mol. The molecule has 0 saturated heterocycles. The number of rotatable bonds is 7. The van der Waals surface area contributed by atoms with Gasteiger partial charge in [0.15, 0.2) is 12.3 Å². The number of ether oxygens (including phenoxy) is 1. The fourth-order valence-corrected chi connectivity index (χ4v) is 2.39. The molecule has 0 fully saturated rings. The van der Waals surface area contributed by atoms with Gasteiger partial charge in [-0.25, -0.2) is 4.79 Å². The first-order chi connectivity index (χ1) is 11.8. The first-order valence-electron chi connectivity index (χ1n) is 8.31. The van der Waals surface area contributed by atoms with Gasteiger partial charge in [-0.2, -0.15) is 0 Å². The van der Waals surface area contributed by atoms with Crippen molar-refractivity contribution in [2.75, 3.05) is 18.9 Å². The highest BCUT2D eigenvalue weighted by Gasteiger charge is 2.13. The van der Waals surface area contributed by atoms with E-state index in [1.807, 2.05) is 26.1 Å². The lowest BCUT2D eigenvalue weighted by Gasteiger charge is -2.13. The molecular formula is C19H25N2O4+. The molecule has 1 aromatic heterocycles. The van der Waals surface area contributed by atoms with Crippen LogP contribution in [0.5, 0.6) is 0 Å². The lowest BCUT2D eigenvalue weighted by atomic mass is 10.2. The van der Waals surface area contributed by atoms with Crippen LogP contribution in [0.2, 0.25) is 0 Å². The van der Waals surface area contributed by atoms with Gasteiger partial charge >= 0.3 is 5.97 Å². The second-order valence-corrected chi connectivity index (χ2v) is 6.40. The molecule has 0 radical (unpaired) electrons.